The Hall–Kier alpha value is -1.42. The second-order valence-electron chi connectivity index (χ2n) is 4.46. The molecule has 0 aliphatic heterocycles. The van der Waals surface area contributed by atoms with Gasteiger partial charge < -0.3 is 14.8 Å². The van der Waals surface area contributed by atoms with E-state index in [1.54, 1.807) is 19.2 Å². The van der Waals surface area contributed by atoms with Gasteiger partial charge in [-0.15, -0.1) is 0 Å². The molecule has 2 rings (SSSR count). The molecule has 0 aliphatic carbocycles. The molecule has 2 aromatic carbocycles. The zero-order valence-electron chi connectivity index (χ0n) is 11.7. The fraction of sp³-hybridized carbons (Fsp3) is 0.250. The molecule has 2 aromatic rings. The Bertz CT molecular complexity index is 573. The standard InChI is InChI=1S/C16H17Cl2NO2/c1-20-8-9-21-14-5-2-12(3-6-14)11-19-16-10-13(17)4-7-15(16)18/h2-7,10,19H,8-9,11H2,1H3. The third-order valence-electron chi connectivity index (χ3n) is 2.89. The summed E-state index contributed by atoms with van der Waals surface area (Å²) in [6.45, 7) is 1.79. The Kier molecular flexibility index (Phi) is 6.18. The summed E-state index contributed by atoms with van der Waals surface area (Å²) in [4.78, 5) is 0. The second kappa shape index (κ2) is 8.13. The van der Waals surface area contributed by atoms with Gasteiger partial charge in [0.2, 0.25) is 0 Å². The lowest BCUT2D eigenvalue weighted by Gasteiger charge is -2.10. The first kappa shape index (κ1) is 16.0. The van der Waals surface area contributed by atoms with Crippen LogP contribution in [0.1, 0.15) is 5.56 Å². The molecule has 1 N–H and O–H groups in total. The number of rotatable bonds is 7. The summed E-state index contributed by atoms with van der Waals surface area (Å²) in [6, 6.07) is 13.2. The number of benzene rings is 2. The Balaban J connectivity index is 1.90. The van der Waals surface area contributed by atoms with Crippen LogP contribution >= 0.6 is 23.2 Å². The van der Waals surface area contributed by atoms with Crippen LogP contribution in [0.2, 0.25) is 10.0 Å². The van der Waals surface area contributed by atoms with Crippen molar-refractivity contribution in [3.63, 3.8) is 0 Å². The predicted octanol–water partition coefficient (Wildman–Crippen LogP) is 4.63. The van der Waals surface area contributed by atoms with Crippen LogP contribution in [0.5, 0.6) is 5.75 Å². The lowest BCUT2D eigenvalue weighted by Crippen LogP contribution is -2.04. The Labute approximate surface area is 134 Å². The Morgan fingerprint density at radius 2 is 1.76 bits per heavy atom. The maximum absolute atomic E-state index is 6.11. The molecule has 0 fully saturated rings. The zero-order valence-corrected chi connectivity index (χ0v) is 13.2. The van der Waals surface area contributed by atoms with Crippen LogP contribution in [0.15, 0.2) is 42.5 Å². The first-order valence-electron chi connectivity index (χ1n) is 6.58. The molecule has 0 unspecified atom stereocenters. The van der Waals surface area contributed by atoms with Gasteiger partial charge in [-0.05, 0) is 35.9 Å². The summed E-state index contributed by atoms with van der Waals surface area (Å²) in [7, 11) is 1.65. The van der Waals surface area contributed by atoms with Gasteiger partial charge in [-0.3, -0.25) is 0 Å². The minimum atomic E-state index is 0.548. The highest BCUT2D eigenvalue weighted by Gasteiger charge is 2.01. The third kappa shape index (κ3) is 5.12. The number of ether oxygens (including phenoxy) is 2. The van der Waals surface area contributed by atoms with Crippen molar-refractivity contribution in [2.24, 2.45) is 0 Å². The average Bonchev–Trinajstić information content (AvgIpc) is 2.50. The molecule has 0 bridgehead atoms. The molecule has 0 spiro atoms. The fourth-order valence-corrected chi connectivity index (χ4v) is 2.13. The molecule has 21 heavy (non-hydrogen) atoms. The van der Waals surface area contributed by atoms with E-state index in [4.69, 9.17) is 32.7 Å². The molecule has 5 heteroatoms. The first-order chi connectivity index (χ1) is 10.2. The molecule has 112 valence electrons. The minimum absolute atomic E-state index is 0.548. The van der Waals surface area contributed by atoms with Crippen molar-refractivity contribution in [2.45, 2.75) is 6.54 Å². The number of hydrogen-bond acceptors (Lipinski definition) is 3. The van der Waals surface area contributed by atoms with Crippen LogP contribution < -0.4 is 10.1 Å². The second-order valence-corrected chi connectivity index (χ2v) is 5.31. The highest BCUT2D eigenvalue weighted by molar-refractivity contribution is 6.35. The van der Waals surface area contributed by atoms with E-state index in [-0.39, 0.29) is 0 Å². The molecule has 0 aliphatic rings. The summed E-state index contributed by atoms with van der Waals surface area (Å²) in [5.74, 6) is 0.830. The monoisotopic (exact) mass is 325 g/mol. The highest BCUT2D eigenvalue weighted by Crippen LogP contribution is 2.26. The maximum Gasteiger partial charge on any atom is 0.119 e. The molecule has 0 heterocycles. The number of anilines is 1. The van der Waals surface area contributed by atoms with Gasteiger partial charge in [-0.25, -0.2) is 0 Å². The lowest BCUT2D eigenvalue weighted by atomic mass is 10.2. The zero-order chi connectivity index (χ0) is 15.1. The van der Waals surface area contributed by atoms with E-state index >= 15 is 0 Å². The molecule has 0 atom stereocenters. The van der Waals surface area contributed by atoms with Gasteiger partial charge in [-0.1, -0.05) is 35.3 Å². The van der Waals surface area contributed by atoms with E-state index in [1.165, 1.54) is 0 Å². The van der Waals surface area contributed by atoms with E-state index in [2.05, 4.69) is 5.32 Å². The van der Waals surface area contributed by atoms with Crippen molar-refractivity contribution in [1.29, 1.82) is 0 Å². The average molecular weight is 326 g/mol. The van der Waals surface area contributed by atoms with Crippen LogP contribution in [0.3, 0.4) is 0 Å². The van der Waals surface area contributed by atoms with E-state index in [0.29, 0.717) is 29.8 Å². The third-order valence-corrected chi connectivity index (χ3v) is 3.46. The smallest absolute Gasteiger partial charge is 0.119 e. The fourth-order valence-electron chi connectivity index (χ4n) is 1.78. The number of nitrogens with one attached hydrogen (secondary N) is 1. The molecule has 0 aromatic heterocycles. The van der Waals surface area contributed by atoms with Crippen molar-refractivity contribution in [3.05, 3.63) is 58.1 Å². The lowest BCUT2D eigenvalue weighted by molar-refractivity contribution is 0.146. The number of methoxy groups -OCH3 is 1. The SMILES string of the molecule is COCCOc1ccc(CNc2cc(Cl)ccc2Cl)cc1. The summed E-state index contributed by atoms with van der Waals surface area (Å²) >= 11 is 12.1. The summed E-state index contributed by atoms with van der Waals surface area (Å²) in [6.07, 6.45) is 0. The van der Waals surface area contributed by atoms with Crippen LogP contribution in [0.4, 0.5) is 5.69 Å². The van der Waals surface area contributed by atoms with Crippen molar-refractivity contribution in [1.82, 2.24) is 0 Å². The summed E-state index contributed by atoms with van der Waals surface area (Å²) in [5, 5.41) is 4.57. The van der Waals surface area contributed by atoms with Gasteiger partial charge in [0.05, 0.1) is 17.3 Å². The predicted molar refractivity (Wildman–Crippen MR) is 87.6 cm³/mol. The van der Waals surface area contributed by atoms with Crippen LogP contribution in [0, 0.1) is 0 Å². The Morgan fingerprint density at radius 1 is 1.00 bits per heavy atom. The van der Waals surface area contributed by atoms with Crippen LogP contribution in [-0.4, -0.2) is 20.3 Å². The first-order valence-corrected chi connectivity index (χ1v) is 7.34. The minimum Gasteiger partial charge on any atom is -0.491 e. The molecule has 0 amide bonds. The molecule has 0 saturated carbocycles. The van der Waals surface area contributed by atoms with Crippen molar-refractivity contribution in [3.8, 4) is 5.75 Å². The maximum atomic E-state index is 6.11. The van der Waals surface area contributed by atoms with E-state index in [1.807, 2.05) is 30.3 Å². The van der Waals surface area contributed by atoms with Crippen LogP contribution in [0.25, 0.3) is 0 Å². The van der Waals surface area contributed by atoms with Gasteiger partial charge in [-0.2, -0.15) is 0 Å². The van der Waals surface area contributed by atoms with E-state index < -0.39 is 0 Å². The van der Waals surface area contributed by atoms with Crippen molar-refractivity contribution >= 4 is 28.9 Å². The quantitative estimate of drug-likeness (QED) is 0.753. The van der Waals surface area contributed by atoms with Gasteiger partial charge in [0.1, 0.15) is 12.4 Å². The van der Waals surface area contributed by atoms with Crippen LogP contribution in [-0.2, 0) is 11.3 Å². The molecular weight excluding hydrogens is 309 g/mol. The largest absolute Gasteiger partial charge is 0.491 e. The summed E-state index contributed by atoms with van der Waals surface area (Å²) < 4.78 is 10.5. The Morgan fingerprint density at radius 3 is 2.48 bits per heavy atom. The highest BCUT2D eigenvalue weighted by atomic mass is 35.5. The van der Waals surface area contributed by atoms with Gasteiger partial charge >= 0.3 is 0 Å². The molecule has 3 nitrogen and oxygen atoms in total. The van der Waals surface area contributed by atoms with E-state index in [9.17, 15) is 0 Å². The number of hydrogen-bond donors (Lipinski definition) is 1. The van der Waals surface area contributed by atoms with Crippen molar-refractivity contribution < 1.29 is 9.47 Å². The van der Waals surface area contributed by atoms with Gasteiger partial charge in [0.25, 0.3) is 0 Å². The van der Waals surface area contributed by atoms with Crippen molar-refractivity contribution in [2.75, 3.05) is 25.6 Å². The molecular formula is C16H17Cl2NO2. The summed E-state index contributed by atoms with van der Waals surface area (Å²) in [5.41, 5.74) is 1.95. The van der Waals surface area contributed by atoms with Gasteiger partial charge in [0, 0.05) is 18.7 Å². The van der Waals surface area contributed by atoms with Gasteiger partial charge in [0.15, 0.2) is 0 Å². The molecule has 0 saturated heterocycles. The molecule has 0 radical (unpaired) electrons. The topological polar surface area (TPSA) is 30.5 Å². The number of halogens is 2. The normalized spacial score (nSPS) is 10.4. The van der Waals surface area contributed by atoms with E-state index in [0.717, 1.165) is 17.0 Å².